The van der Waals surface area contributed by atoms with Crippen molar-refractivity contribution in [1.82, 2.24) is 4.98 Å². The zero-order valence-electron chi connectivity index (χ0n) is 10.8. The van der Waals surface area contributed by atoms with E-state index in [1.807, 2.05) is 0 Å². The summed E-state index contributed by atoms with van der Waals surface area (Å²) in [5, 5.41) is 11.0. The molecule has 1 aliphatic heterocycles. The molecule has 0 aromatic carbocycles. The van der Waals surface area contributed by atoms with Gasteiger partial charge in [-0.25, -0.2) is 4.98 Å². The van der Waals surface area contributed by atoms with Gasteiger partial charge in [-0.05, 0) is 6.07 Å². The zero-order chi connectivity index (χ0) is 15.6. The molecule has 21 heavy (non-hydrogen) atoms. The zero-order valence-corrected chi connectivity index (χ0v) is 10.8. The first kappa shape index (κ1) is 15.4. The van der Waals surface area contributed by atoms with Gasteiger partial charge in [0, 0.05) is 19.6 Å². The van der Waals surface area contributed by atoms with Crippen molar-refractivity contribution in [1.29, 1.82) is 0 Å². The van der Waals surface area contributed by atoms with Gasteiger partial charge in [-0.2, -0.15) is 13.2 Å². The molecule has 2 N–H and O–H groups in total. The Hall–Kier alpha value is -1.94. The van der Waals surface area contributed by atoms with Crippen molar-refractivity contribution in [2.45, 2.75) is 12.3 Å². The quantitative estimate of drug-likeness (QED) is 0.665. The summed E-state index contributed by atoms with van der Waals surface area (Å²) in [6.45, 7) is 0.863. The highest BCUT2D eigenvalue weighted by Gasteiger charge is 2.36. The largest absolute Gasteiger partial charge is 0.433 e. The summed E-state index contributed by atoms with van der Waals surface area (Å²) in [6, 6.07) is 0.691. The van der Waals surface area contributed by atoms with Crippen LogP contribution in [0.5, 0.6) is 0 Å². The van der Waals surface area contributed by atoms with Crippen LogP contribution < -0.4 is 10.6 Å². The molecule has 1 aromatic rings. The summed E-state index contributed by atoms with van der Waals surface area (Å²) < 4.78 is 43.4. The van der Waals surface area contributed by atoms with Gasteiger partial charge in [0.2, 0.25) is 0 Å². The first-order chi connectivity index (χ1) is 9.82. The summed E-state index contributed by atoms with van der Waals surface area (Å²) in [6.07, 6.45) is -4.41. The highest BCUT2D eigenvalue weighted by Crippen LogP contribution is 2.35. The van der Waals surface area contributed by atoms with Gasteiger partial charge < -0.3 is 15.4 Å². The fraction of sp³-hybridized carbons (Fsp3) is 0.545. The van der Waals surface area contributed by atoms with Crippen LogP contribution >= 0.6 is 0 Å². The molecule has 1 unspecified atom stereocenters. The summed E-state index contributed by atoms with van der Waals surface area (Å²) >= 11 is 0. The van der Waals surface area contributed by atoms with Crippen LogP contribution in [0.4, 0.5) is 24.5 Å². The third-order valence-electron chi connectivity index (χ3n) is 3.09. The van der Waals surface area contributed by atoms with Crippen LogP contribution in [-0.4, -0.2) is 42.3 Å². The number of rotatable bonds is 3. The lowest BCUT2D eigenvalue weighted by molar-refractivity contribution is -0.384. The lowest BCUT2D eigenvalue weighted by Crippen LogP contribution is -2.46. The number of hydrogen-bond acceptors (Lipinski definition) is 6. The van der Waals surface area contributed by atoms with Gasteiger partial charge in [0.1, 0.15) is 17.6 Å². The number of ether oxygens (including phenoxy) is 1. The topological polar surface area (TPSA) is 94.5 Å². The van der Waals surface area contributed by atoms with E-state index in [1.54, 1.807) is 0 Å². The molecule has 1 saturated heterocycles. The Morgan fingerprint density at radius 1 is 1.57 bits per heavy atom. The minimum absolute atomic E-state index is 0.121. The number of aromatic nitrogens is 1. The number of anilines is 1. The second kappa shape index (κ2) is 5.82. The van der Waals surface area contributed by atoms with Gasteiger partial charge in [-0.1, -0.05) is 0 Å². The van der Waals surface area contributed by atoms with Gasteiger partial charge in [0.25, 0.3) is 0 Å². The van der Waals surface area contributed by atoms with Crippen LogP contribution in [-0.2, 0) is 10.9 Å². The highest BCUT2D eigenvalue weighted by atomic mass is 19.4. The van der Waals surface area contributed by atoms with Crippen LogP contribution in [0.1, 0.15) is 5.69 Å². The Bertz CT molecular complexity index is 538. The average Bonchev–Trinajstić information content (AvgIpc) is 2.45. The van der Waals surface area contributed by atoms with Crippen LogP contribution in [0, 0.1) is 10.1 Å². The molecule has 0 bridgehead atoms. The van der Waals surface area contributed by atoms with Crippen molar-refractivity contribution in [3.05, 3.63) is 28.1 Å². The summed E-state index contributed by atoms with van der Waals surface area (Å²) in [7, 11) is 0. The molecule has 10 heteroatoms. The van der Waals surface area contributed by atoms with Gasteiger partial charge in [0.05, 0.1) is 17.6 Å². The highest BCUT2D eigenvalue weighted by molar-refractivity contribution is 5.63. The predicted octanol–water partition coefficient (Wildman–Crippen LogP) is 1.17. The van der Waals surface area contributed by atoms with E-state index in [-0.39, 0.29) is 38.0 Å². The van der Waals surface area contributed by atoms with Crippen molar-refractivity contribution < 1.29 is 22.8 Å². The van der Waals surface area contributed by atoms with Gasteiger partial charge in [-0.15, -0.1) is 0 Å². The van der Waals surface area contributed by atoms with E-state index >= 15 is 0 Å². The van der Waals surface area contributed by atoms with Crippen molar-refractivity contribution in [3.8, 4) is 0 Å². The molecule has 1 aromatic heterocycles. The Kier molecular flexibility index (Phi) is 4.28. The second-order valence-corrected chi connectivity index (χ2v) is 4.49. The Morgan fingerprint density at radius 3 is 2.86 bits per heavy atom. The second-order valence-electron chi connectivity index (χ2n) is 4.49. The molecule has 1 aliphatic rings. The molecule has 0 aliphatic carbocycles. The first-order valence-corrected chi connectivity index (χ1v) is 6.11. The number of alkyl halides is 3. The number of nitrogens with two attached hydrogens (primary N) is 1. The average molecular weight is 306 g/mol. The van der Waals surface area contributed by atoms with Crippen LogP contribution in [0.2, 0.25) is 0 Å². The van der Waals surface area contributed by atoms with E-state index in [9.17, 15) is 23.3 Å². The molecule has 0 radical (unpaired) electrons. The summed E-state index contributed by atoms with van der Waals surface area (Å²) in [4.78, 5) is 14.8. The van der Waals surface area contributed by atoms with E-state index < -0.39 is 22.5 Å². The molecule has 2 heterocycles. The van der Waals surface area contributed by atoms with Gasteiger partial charge in [-0.3, -0.25) is 10.1 Å². The molecule has 1 atom stereocenters. The van der Waals surface area contributed by atoms with Crippen molar-refractivity contribution in [2.75, 3.05) is 31.1 Å². The number of hydrogen-bond donors (Lipinski definition) is 1. The standard InChI is InChI=1S/C11H13F3N4O3/c12-11(13,14)10-3-8(9(5-16-10)18(19)20)17-1-2-21-7(4-15)6-17/h3,5,7H,1-2,4,6,15H2. The van der Waals surface area contributed by atoms with Crippen molar-refractivity contribution in [3.63, 3.8) is 0 Å². The lowest BCUT2D eigenvalue weighted by atomic mass is 10.2. The first-order valence-electron chi connectivity index (χ1n) is 6.11. The predicted molar refractivity (Wildman–Crippen MR) is 66.9 cm³/mol. The molecule has 0 saturated carbocycles. The normalized spacial score (nSPS) is 19.6. The third-order valence-corrected chi connectivity index (χ3v) is 3.09. The van der Waals surface area contributed by atoms with Crippen LogP contribution in [0.15, 0.2) is 12.3 Å². The lowest BCUT2D eigenvalue weighted by Gasteiger charge is -2.33. The van der Waals surface area contributed by atoms with E-state index in [1.165, 1.54) is 4.90 Å². The number of nitro groups is 1. The SMILES string of the molecule is NCC1CN(c2cc(C(F)(F)F)ncc2[N+](=O)[O-])CCO1. The minimum Gasteiger partial charge on any atom is -0.373 e. The molecular formula is C11H13F3N4O3. The number of nitrogens with zero attached hydrogens (tertiary/aromatic N) is 3. The maximum absolute atomic E-state index is 12.7. The van der Waals surface area contributed by atoms with Crippen molar-refractivity contribution >= 4 is 11.4 Å². The molecule has 0 spiro atoms. The maximum Gasteiger partial charge on any atom is 0.433 e. The van der Waals surface area contributed by atoms with Crippen molar-refractivity contribution in [2.24, 2.45) is 5.73 Å². The van der Waals surface area contributed by atoms with E-state index in [4.69, 9.17) is 10.5 Å². The number of halogens is 3. The van der Waals surface area contributed by atoms with Crippen LogP contribution in [0.3, 0.4) is 0 Å². The van der Waals surface area contributed by atoms with E-state index in [0.29, 0.717) is 12.3 Å². The summed E-state index contributed by atoms with van der Waals surface area (Å²) in [5.74, 6) is 0. The smallest absolute Gasteiger partial charge is 0.373 e. The van der Waals surface area contributed by atoms with E-state index in [2.05, 4.69) is 4.98 Å². The third kappa shape index (κ3) is 3.39. The molecule has 0 amide bonds. The number of pyridine rings is 1. The molecule has 116 valence electrons. The minimum atomic E-state index is -4.66. The van der Waals surface area contributed by atoms with Crippen LogP contribution in [0.25, 0.3) is 0 Å². The molecular weight excluding hydrogens is 293 g/mol. The fourth-order valence-corrected chi connectivity index (χ4v) is 2.07. The Labute approximate surface area is 117 Å². The Balaban J connectivity index is 2.41. The fourth-order valence-electron chi connectivity index (χ4n) is 2.07. The molecule has 2 rings (SSSR count). The van der Waals surface area contributed by atoms with Gasteiger partial charge >= 0.3 is 11.9 Å². The monoisotopic (exact) mass is 306 g/mol. The number of morpholine rings is 1. The molecule has 7 nitrogen and oxygen atoms in total. The Morgan fingerprint density at radius 2 is 2.29 bits per heavy atom. The molecule has 1 fully saturated rings. The summed E-state index contributed by atoms with van der Waals surface area (Å²) in [5.41, 5.74) is 3.70. The van der Waals surface area contributed by atoms with Gasteiger partial charge in [0.15, 0.2) is 0 Å². The maximum atomic E-state index is 12.7. The van der Waals surface area contributed by atoms with E-state index in [0.717, 1.165) is 0 Å².